The van der Waals surface area contributed by atoms with Gasteiger partial charge in [0.15, 0.2) is 0 Å². The van der Waals surface area contributed by atoms with Crippen molar-refractivity contribution in [2.75, 3.05) is 23.4 Å². The van der Waals surface area contributed by atoms with Crippen LogP contribution in [0.25, 0.3) is 0 Å². The summed E-state index contributed by atoms with van der Waals surface area (Å²) in [4.78, 5) is 10.8. The van der Waals surface area contributed by atoms with Gasteiger partial charge in [0.2, 0.25) is 5.91 Å². The van der Waals surface area contributed by atoms with Gasteiger partial charge in [-0.1, -0.05) is 6.92 Å². The molecule has 88 valence electrons. The monoisotopic (exact) mass is 238 g/mol. The number of amides is 1. The van der Waals surface area contributed by atoms with E-state index in [2.05, 4.69) is 12.2 Å². The molecule has 1 aromatic carbocycles. The van der Waals surface area contributed by atoms with E-state index in [4.69, 9.17) is 5.73 Å². The Bertz CT molecular complexity index is 324. The van der Waals surface area contributed by atoms with Crippen LogP contribution < -0.4 is 11.1 Å². The minimum Gasteiger partial charge on any atom is -0.385 e. The number of hydrogen-bond acceptors (Lipinski definition) is 3. The Morgan fingerprint density at radius 1 is 1.38 bits per heavy atom. The normalized spacial score (nSPS) is 10.1. The van der Waals surface area contributed by atoms with Crippen molar-refractivity contribution in [3.63, 3.8) is 0 Å². The lowest BCUT2D eigenvalue weighted by Gasteiger charge is -2.06. The van der Waals surface area contributed by atoms with Crippen LogP contribution in [0.1, 0.15) is 23.7 Å². The van der Waals surface area contributed by atoms with Gasteiger partial charge in [0.05, 0.1) is 0 Å². The number of hydrogen-bond donors (Lipinski definition) is 2. The SMILES string of the molecule is CCSCCCNc1ccc(C(N)=O)cc1. The van der Waals surface area contributed by atoms with Crippen LogP contribution in [0.2, 0.25) is 0 Å². The Morgan fingerprint density at radius 3 is 2.62 bits per heavy atom. The molecular formula is C12H18N2OS. The number of rotatable bonds is 7. The Kier molecular flexibility index (Phi) is 5.78. The first-order valence-electron chi connectivity index (χ1n) is 5.45. The van der Waals surface area contributed by atoms with E-state index < -0.39 is 0 Å². The summed E-state index contributed by atoms with van der Waals surface area (Å²) in [5, 5.41) is 3.30. The van der Waals surface area contributed by atoms with Crippen molar-refractivity contribution >= 4 is 23.4 Å². The summed E-state index contributed by atoms with van der Waals surface area (Å²) in [5.41, 5.74) is 6.74. The minimum atomic E-state index is -0.383. The van der Waals surface area contributed by atoms with Gasteiger partial charge in [-0.15, -0.1) is 0 Å². The van der Waals surface area contributed by atoms with Crippen LogP contribution in [0.15, 0.2) is 24.3 Å². The standard InChI is InChI=1S/C12H18N2OS/c1-2-16-9-3-8-14-11-6-4-10(5-7-11)12(13)15/h4-7,14H,2-3,8-9H2,1H3,(H2,13,15). The Hall–Kier alpha value is -1.16. The van der Waals surface area contributed by atoms with E-state index in [1.807, 2.05) is 23.9 Å². The van der Waals surface area contributed by atoms with E-state index in [0.29, 0.717) is 5.56 Å². The molecule has 0 aliphatic rings. The number of carbonyl (C=O) groups excluding carboxylic acids is 1. The second kappa shape index (κ2) is 7.17. The molecule has 0 aliphatic heterocycles. The van der Waals surface area contributed by atoms with Gasteiger partial charge in [-0.2, -0.15) is 11.8 Å². The predicted molar refractivity (Wildman–Crippen MR) is 71.1 cm³/mol. The van der Waals surface area contributed by atoms with Crippen LogP contribution in [0, 0.1) is 0 Å². The average molecular weight is 238 g/mol. The molecule has 0 aromatic heterocycles. The molecule has 0 atom stereocenters. The van der Waals surface area contributed by atoms with Gasteiger partial charge < -0.3 is 11.1 Å². The first-order chi connectivity index (χ1) is 7.74. The van der Waals surface area contributed by atoms with Crippen LogP contribution in [0.3, 0.4) is 0 Å². The summed E-state index contributed by atoms with van der Waals surface area (Å²) < 4.78 is 0. The Morgan fingerprint density at radius 2 is 2.06 bits per heavy atom. The molecule has 0 unspecified atom stereocenters. The molecule has 3 N–H and O–H groups in total. The maximum atomic E-state index is 10.8. The minimum absolute atomic E-state index is 0.383. The van der Waals surface area contributed by atoms with E-state index in [1.165, 1.54) is 11.5 Å². The van der Waals surface area contributed by atoms with Crippen molar-refractivity contribution in [1.29, 1.82) is 0 Å². The third kappa shape index (κ3) is 4.57. The summed E-state index contributed by atoms with van der Waals surface area (Å²) in [6.07, 6.45) is 1.15. The van der Waals surface area contributed by atoms with Gasteiger partial charge >= 0.3 is 0 Å². The molecule has 0 spiro atoms. The average Bonchev–Trinajstić information content (AvgIpc) is 2.29. The number of anilines is 1. The van der Waals surface area contributed by atoms with Crippen molar-refractivity contribution in [2.24, 2.45) is 5.73 Å². The Balaban J connectivity index is 2.29. The summed E-state index contributed by atoms with van der Waals surface area (Å²) in [5.74, 6) is 1.97. The number of thioether (sulfide) groups is 1. The lowest BCUT2D eigenvalue weighted by molar-refractivity contribution is 0.100. The van der Waals surface area contributed by atoms with Crippen LogP contribution in [-0.2, 0) is 0 Å². The van der Waals surface area contributed by atoms with Crippen molar-refractivity contribution in [2.45, 2.75) is 13.3 Å². The number of nitrogens with one attached hydrogen (secondary N) is 1. The van der Waals surface area contributed by atoms with Crippen LogP contribution in [-0.4, -0.2) is 24.0 Å². The summed E-state index contributed by atoms with van der Waals surface area (Å²) in [7, 11) is 0. The van der Waals surface area contributed by atoms with Gasteiger partial charge in [0.25, 0.3) is 0 Å². The van der Waals surface area contributed by atoms with Gasteiger partial charge in [0.1, 0.15) is 0 Å². The highest BCUT2D eigenvalue weighted by atomic mass is 32.2. The third-order valence-electron chi connectivity index (χ3n) is 2.17. The van der Waals surface area contributed by atoms with Crippen molar-refractivity contribution in [3.8, 4) is 0 Å². The molecular weight excluding hydrogens is 220 g/mol. The number of carbonyl (C=O) groups is 1. The largest absolute Gasteiger partial charge is 0.385 e. The van der Waals surface area contributed by atoms with E-state index in [9.17, 15) is 4.79 Å². The van der Waals surface area contributed by atoms with Crippen LogP contribution in [0.4, 0.5) is 5.69 Å². The second-order valence-electron chi connectivity index (χ2n) is 3.42. The maximum Gasteiger partial charge on any atom is 0.248 e. The molecule has 0 aliphatic carbocycles. The fraction of sp³-hybridized carbons (Fsp3) is 0.417. The molecule has 0 bridgehead atoms. The zero-order valence-electron chi connectivity index (χ0n) is 9.53. The van der Waals surface area contributed by atoms with Gasteiger partial charge in [0, 0.05) is 17.8 Å². The smallest absolute Gasteiger partial charge is 0.248 e. The molecule has 0 heterocycles. The van der Waals surface area contributed by atoms with Crippen molar-refractivity contribution in [3.05, 3.63) is 29.8 Å². The Labute approximate surface area is 101 Å². The summed E-state index contributed by atoms with van der Waals surface area (Å²) in [6.45, 7) is 3.13. The first kappa shape index (κ1) is 12.9. The van der Waals surface area contributed by atoms with E-state index in [-0.39, 0.29) is 5.91 Å². The van der Waals surface area contributed by atoms with Crippen molar-refractivity contribution in [1.82, 2.24) is 0 Å². The fourth-order valence-corrected chi connectivity index (χ4v) is 1.94. The van der Waals surface area contributed by atoms with Crippen LogP contribution in [0.5, 0.6) is 0 Å². The van der Waals surface area contributed by atoms with E-state index in [1.54, 1.807) is 12.1 Å². The lowest BCUT2D eigenvalue weighted by atomic mass is 10.2. The van der Waals surface area contributed by atoms with Gasteiger partial charge in [-0.3, -0.25) is 4.79 Å². The van der Waals surface area contributed by atoms with Crippen molar-refractivity contribution < 1.29 is 4.79 Å². The molecule has 1 rings (SSSR count). The number of primary amides is 1. The molecule has 3 nitrogen and oxygen atoms in total. The quantitative estimate of drug-likeness (QED) is 0.717. The third-order valence-corrected chi connectivity index (χ3v) is 3.15. The zero-order chi connectivity index (χ0) is 11.8. The van der Waals surface area contributed by atoms with Crippen LogP contribution >= 0.6 is 11.8 Å². The maximum absolute atomic E-state index is 10.8. The first-order valence-corrected chi connectivity index (χ1v) is 6.61. The molecule has 1 aromatic rings. The molecule has 0 radical (unpaired) electrons. The van der Waals surface area contributed by atoms with E-state index >= 15 is 0 Å². The molecule has 0 saturated heterocycles. The van der Waals surface area contributed by atoms with Gasteiger partial charge in [-0.05, 0) is 42.2 Å². The molecule has 1 amide bonds. The lowest BCUT2D eigenvalue weighted by Crippen LogP contribution is -2.10. The highest BCUT2D eigenvalue weighted by molar-refractivity contribution is 7.99. The highest BCUT2D eigenvalue weighted by Gasteiger charge is 1.98. The summed E-state index contributed by atoms with van der Waals surface area (Å²) in [6, 6.07) is 7.25. The fourth-order valence-electron chi connectivity index (χ4n) is 1.30. The molecule has 0 saturated carbocycles. The summed E-state index contributed by atoms with van der Waals surface area (Å²) >= 11 is 1.95. The van der Waals surface area contributed by atoms with E-state index in [0.717, 1.165) is 18.7 Å². The number of benzene rings is 1. The van der Waals surface area contributed by atoms with Gasteiger partial charge in [-0.25, -0.2) is 0 Å². The molecule has 0 fully saturated rings. The predicted octanol–water partition coefficient (Wildman–Crippen LogP) is 2.34. The zero-order valence-corrected chi connectivity index (χ0v) is 10.3. The molecule has 16 heavy (non-hydrogen) atoms. The molecule has 4 heteroatoms. The number of nitrogens with two attached hydrogens (primary N) is 1. The topological polar surface area (TPSA) is 55.1 Å². The second-order valence-corrected chi connectivity index (χ2v) is 4.81. The highest BCUT2D eigenvalue weighted by Crippen LogP contribution is 2.09.